The first-order valence-electron chi connectivity index (χ1n) is 25.3. The Morgan fingerprint density at radius 2 is 0.849 bits per heavy atom. The fourth-order valence-corrected chi connectivity index (χ4v) is 12.3. The molecule has 0 unspecified atom stereocenters. The number of aromatic nitrogens is 1. The van der Waals surface area contributed by atoms with Crippen LogP contribution in [-0.2, 0) is 5.41 Å². The third kappa shape index (κ3) is 6.65. The normalized spacial score (nSPS) is 12.5. The molecule has 1 aliphatic rings. The van der Waals surface area contributed by atoms with Crippen LogP contribution in [0.1, 0.15) is 22.3 Å². The summed E-state index contributed by atoms with van der Waals surface area (Å²) in [7, 11) is 0. The monoisotopic (exact) mass is 928 g/mol. The number of fused-ring (bicyclic) bond motifs is 7. The highest BCUT2D eigenvalue weighted by molar-refractivity contribution is 6.14. The van der Waals surface area contributed by atoms with Gasteiger partial charge >= 0.3 is 0 Å². The lowest BCUT2D eigenvalue weighted by Gasteiger charge is -2.34. The summed E-state index contributed by atoms with van der Waals surface area (Å²) in [5, 5.41) is 4.90. The molecule has 0 aliphatic heterocycles. The van der Waals surface area contributed by atoms with Gasteiger partial charge in [0.1, 0.15) is 0 Å². The van der Waals surface area contributed by atoms with E-state index >= 15 is 0 Å². The molecule has 0 amide bonds. The molecule has 0 N–H and O–H groups in total. The van der Waals surface area contributed by atoms with Gasteiger partial charge in [-0.05, 0) is 103 Å². The largest absolute Gasteiger partial charge is 0.309 e. The summed E-state index contributed by atoms with van der Waals surface area (Å²) in [4.78, 5) is 2.55. The molecule has 1 aliphatic carbocycles. The minimum Gasteiger partial charge on any atom is -0.309 e. The molecule has 0 atom stereocenters. The van der Waals surface area contributed by atoms with Gasteiger partial charge in [-0.15, -0.1) is 0 Å². The molecular formula is C71H48N2. The molecule has 0 radical (unpaired) electrons. The van der Waals surface area contributed by atoms with E-state index < -0.39 is 5.41 Å². The van der Waals surface area contributed by atoms with Gasteiger partial charge in [-0.1, -0.05) is 249 Å². The molecule has 1 heterocycles. The summed E-state index contributed by atoms with van der Waals surface area (Å²) in [5.74, 6) is 0. The fourth-order valence-electron chi connectivity index (χ4n) is 12.3. The zero-order valence-electron chi connectivity index (χ0n) is 40.1. The SMILES string of the molecule is c1ccc(-c2cccc3cccc(-c4ccccc4N(c4cccc(-c5cccc6c7ccccc7n(-c7ccccc7)c56)c4)c4cccc5c4-c4ccccc4C5(c4ccccc4)c4ccccc4)c23)cc1. The van der Waals surface area contributed by atoms with Crippen molar-refractivity contribution in [1.82, 2.24) is 4.57 Å². The highest BCUT2D eigenvalue weighted by Gasteiger charge is 2.47. The quantitative estimate of drug-likeness (QED) is 0.140. The third-order valence-electron chi connectivity index (χ3n) is 15.3. The van der Waals surface area contributed by atoms with E-state index in [1.165, 1.54) is 88.2 Å². The summed E-state index contributed by atoms with van der Waals surface area (Å²) in [5.41, 5.74) is 20.7. The maximum absolute atomic E-state index is 2.55. The molecule has 2 heteroatoms. The van der Waals surface area contributed by atoms with Gasteiger partial charge in [-0.25, -0.2) is 0 Å². The predicted octanol–water partition coefficient (Wildman–Crippen LogP) is 18.8. The Morgan fingerprint density at radius 3 is 1.62 bits per heavy atom. The molecule has 342 valence electrons. The maximum atomic E-state index is 2.55. The van der Waals surface area contributed by atoms with Crippen LogP contribution in [0, 0.1) is 0 Å². The smallest absolute Gasteiger partial charge is 0.0714 e. The Hall–Kier alpha value is -9.50. The highest BCUT2D eigenvalue weighted by atomic mass is 15.1. The van der Waals surface area contributed by atoms with Gasteiger partial charge in [0.2, 0.25) is 0 Å². The topological polar surface area (TPSA) is 8.17 Å². The van der Waals surface area contributed by atoms with Crippen LogP contribution in [0.25, 0.3) is 82.8 Å². The van der Waals surface area contributed by atoms with E-state index in [-0.39, 0.29) is 0 Å². The standard InChI is InChI=1S/C71H48N2/c1-5-24-49(25-6-1)56-39-20-26-50-27-21-41-60(68(50)56)58-36-14-17-45-65(58)72(55-35-19-28-51(48-55)57-40-22-42-61-59-37-15-18-46-66(59)73(70(57)61)54-33-11-4-12-34-54)67-47-23-44-64-69(67)62-38-13-16-43-63(62)71(64,52-29-7-2-8-30-52)53-31-9-3-10-32-53/h1-48H. The number of para-hydroxylation sites is 4. The zero-order valence-corrected chi connectivity index (χ0v) is 40.1. The second-order valence-corrected chi connectivity index (χ2v) is 19.1. The molecule has 0 saturated carbocycles. The fraction of sp³-hybridized carbons (Fsp3) is 0.0141. The van der Waals surface area contributed by atoms with Gasteiger partial charge in [-0.2, -0.15) is 0 Å². The van der Waals surface area contributed by atoms with Crippen molar-refractivity contribution in [1.29, 1.82) is 0 Å². The van der Waals surface area contributed by atoms with E-state index in [0.717, 1.165) is 33.9 Å². The molecule has 0 bridgehead atoms. The number of rotatable bonds is 9. The molecule has 0 saturated heterocycles. The van der Waals surface area contributed by atoms with Crippen LogP contribution in [0.15, 0.2) is 291 Å². The molecule has 1 aromatic heterocycles. The number of hydrogen-bond acceptors (Lipinski definition) is 1. The number of anilines is 3. The molecule has 13 aromatic rings. The first kappa shape index (κ1) is 42.4. The van der Waals surface area contributed by atoms with Gasteiger partial charge in [-0.3, -0.25) is 0 Å². The van der Waals surface area contributed by atoms with Crippen molar-refractivity contribution in [3.8, 4) is 50.2 Å². The molecule has 0 spiro atoms. The second-order valence-electron chi connectivity index (χ2n) is 19.1. The average Bonchev–Trinajstić information content (AvgIpc) is 3.98. The Morgan fingerprint density at radius 1 is 0.329 bits per heavy atom. The van der Waals surface area contributed by atoms with Crippen LogP contribution in [0.2, 0.25) is 0 Å². The van der Waals surface area contributed by atoms with Gasteiger partial charge in [0, 0.05) is 38.8 Å². The number of benzene rings is 12. The van der Waals surface area contributed by atoms with E-state index in [0.29, 0.717) is 0 Å². The summed E-state index contributed by atoms with van der Waals surface area (Å²) in [6.45, 7) is 0. The van der Waals surface area contributed by atoms with E-state index in [4.69, 9.17) is 0 Å². The summed E-state index contributed by atoms with van der Waals surface area (Å²) in [6.07, 6.45) is 0. The minimum atomic E-state index is -0.571. The van der Waals surface area contributed by atoms with Gasteiger partial charge < -0.3 is 9.47 Å². The molecule has 73 heavy (non-hydrogen) atoms. The predicted molar refractivity (Wildman–Crippen MR) is 307 cm³/mol. The number of hydrogen-bond donors (Lipinski definition) is 0. The Kier molecular flexibility index (Phi) is 10.1. The van der Waals surface area contributed by atoms with E-state index in [1.54, 1.807) is 0 Å². The van der Waals surface area contributed by atoms with E-state index in [2.05, 4.69) is 301 Å². The van der Waals surface area contributed by atoms with Crippen molar-refractivity contribution in [3.63, 3.8) is 0 Å². The second kappa shape index (κ2) is 17.4. The molecule has 12 aromatic carbocycles. The molecule has 2 nitrogen and oxygen atoms in total. The van der Waals surface area contributed by atoms with Gasteiger partial charge in [0.25, 0.3) is 0 Å². The molecular weight excluding hydrogens is 881 g/mol. The first-order valence-corrected chi connectivity index (χ1v) is 25.3. The van der Waals surface area contributed by atoms with Crippen molar-refractivity contribution < 1.29 is 0 Å². The van der Waals surface area contributed by atoms with E-state index in [1.807, 2.05) is 0 Å². The van der Waals surface area contributed by atoms with Crippen LogP contribution >= 0.6 is 0 Å². The van der Waals surface area contributed by atoms with E-state index in [9.17, 15) is 0 Å². The van der Waals surface area contributed by atoms with Crippen molar-refractivity contribution in [2.75, 3.05) is 4.90 Å². The molecule has 0 fully saturated rings. The van der Waals surface area contributed by atoms with Crippen LogP contribution in [0.3, 0.4) is 0 Å². The zero-order chi connectivity index (χ0) is 48.3. The average molecular weight is 929 g/mol. The van der Waals surface area contributed by atoms with Crippen molar-refractivity contribution >= 4 is 49.6 Å². The lowest BCUT2D eigenvalue weighted by molar-refractivity contribution is 0.768. The Bertz CT molecular complexity index is 4150. The van der Waals surface area contributed by atoms with Gasteiger partial charge in [0.05, 0.1) is 27.8 Å². The third-order valence-corrected chi connectivity index (χ3v) is 15.3. The van der Waals surface area contributed by atoms with Crippen molar-refractivity contribution in [2.45, 2.75) is 5.41 Å². The first-order chi connectivity index (χ1) is 36.3. The van der Waals surface area contributed by atoms with Crippen LogP contribution in [0.4, 0.5) is 17.1 Å². The Balaban J connectivity index is 1.07. The summed E-state index contributed by atoms with van der Waals surface area (Å²) >= 11 is 0. The highest BCUT2D eigenvalue weighted by Crippen LogP contribution is 2.60. The minimum absolute atomic E-state index is 0.571. The number of nitrogens with zero attached hydrogens (tertiary/aromatic N) is 2. The Labute approximate surface area is 426 Å². The van der Waals surface area contributed by atoms with Crippen LogP contribution in [-0.4, -0.2) is 4.57 Å². The van der Waals surface area contributed by atoms with Crippen LogP contribution in [0.5, 0.6) is 0 Å². The lowest BCUT2D eigenvalue weighted by Crippen LogP contribution is -2.28. The van der Waals surface area contributed by atoms with Crippen LogP contribution < -0.4 is 4.90 Å². The van der Waals surface area contributed by atoms with Gasteiger partial charge in [0.15, 0.2) is 0 Å². The summed E-state index contributed by atoms with van der Waals surface area (Å²) in [6, 6.07) is 107. The van der Waals surface area contributed by atoms with Crippen molar-refractivity contribution in [2.24, 2.45) is 0 Å². The summed E-state index contributed by atoms with van der Waals surface area (Å²) < 4.78 is 2.44. The molecule has 14 rings (SSSR count). The lowest BCUT2D eigenvalue weighted by atomic mass is 9.68. The maximum Gasteiger partial charge on any atom is 0.0714 e. The van der Waals surface area contributed by atoms with Crippen molar-refractivity contribution in [3.05, 3.63) is 313 Å².